The lowest BCUT2D eigenvalue weighted by molar-refractivity contribution is 0.130. The van der Waals surface area contributed by atoms with E-state index in [1.807, 2.05) is 6.92 Å². The quantitative estimate of drug-likeness (QED) is 0.576. The fourth-order valence-corrected chi connectivity index (χ4v) is 2.78. The lowest BCUT2D eigenvalue weighted by Crippen LogP contribution is -2.23. The first-order chi connectivity index (χ1) is 6.27. The summed E-state index contributed by atoms with van der Waals surface area (Å²) in [7, 11) is 0. The maximum atomic E-state index is 11.6. The van der Waals surface area contributed by atoms with Gasteiger partial charge in [-0.25, -0.2) is 5.09 Å². The van der Waals surface area contributed by atoms with Crippen molar-refractivity contribution in [1.29, 1.82) is 0 Å². The monoisotopic (exact) mass is 243 g/mol. The average Bonchev–Trinajstić information content (AvgIpc) is 1.93. The van der Waals surface area contributed by atoms with E-state index in [2.05, 4.69) is 5.09 Å². The van der Waals surface area contributed by atoms with E-state index < -0.39 is 12.5 Å². The highest BCUT2D eigenvalue weighted by atomic mass is 35.7. The van der Waals surface area contributed by atoms with E-state index in [4.69, 9.17) is 20.5 Å². The van der Waals surface area contributed by atoms with Crippen LogP contribution in [0.15, 0.2) is 0 Å². The van der Waals surface area contributed by atoms with Crippen LogP contribution in [0.4, 0.5) is 0 Å². The van der Waals surface area contributed by atoms with Crippen molar-refractivity contribution in [2.75, 3.05) is 19.8 Å². The van der Waals surface area contributed by atoms with Crippen molar-refractivity contribution >= 4 is 18.1 Å². The Morgan fingerprint density at radius 1 is 1.43 bits per heavy atom. The summed E-state index contributed by atoms with van der Waals surface area (Å²) in [5.74, 6) is 0. The van der Waals surface area contributed by atoms with Crippen molar-refractivity contribution in [3.05, 3.63) is 0 Å². The third-order valence-corrected chi connectivity index (χ3v) is 3.09. The summed E-state index contributed by atoms with van der Waals surface area (Å²) in [6.45, 7) is 5.60. The number of nitrogens with one attached hydrogen (secondary N) is 1. The normalized spacial score (nSPS) is 16.6. The second-order valence-electron chi connectivity index (χ2n) is 3.79. The predicted molar refractivity (Wildman–Crippen MR) is 58.8 cm³/mol. The van der Waals surface area contributed by atoms with Crippen molar-refractivity contribution in [3.63, 3.8) is 0 Å². The Balaban J connectivity index is 3.79. The highest BCUT2D eigenvalue weighted by Crippen LogP contribution is 2.50. The van der Waals surface area contributed by atoms with Gasteiger partial charge in [-0.1, -0.05) is 0 Å². The molecule has 6 heteroatoms. The second-order valence-corrected chi connectivity index (χ2v) is 6.58. The number of ether oxygens (including phenoxy) is 1. The lowest BCUT2D eigenvalue weighted by atomic mass is 10.2. The van der Waals surface area contributed by atoms with Gasteiger partial charge in [-0.15, -0.1) is 0 Å². The Hall–Kier alpha value is 0.400. The van der Waals surface area contributed by atoms with Gasteiger partial charge in [0.05, 0.1) is 12.2 Å². The maximum absolute atomic E-state index is 11.6. The van der Waals surface area contributed by atoms with Crippen LogP contribution < -0.4 is 5.09 Å². The van der Waals surface area contributed by atoms with E-state index in [1.54, 1.807) is 20.8 Å². The van der Waals surface area contributed by atoms with E-state index >= 15 is 0 Å². The molecule has 0 aromatic rings. The molecule has 0 aliphatic carbocycles. The van der Waals surface area contributed by atoms with Crippen LogP contribution in [0.3, 0.4) is 0 Å². The largest absolute Gasteiger partial charge is 0.380 e. The summed E-state index contributed by atoms with van der Waals surface area (Å²) in [5, 5.41) is 2.62. The number of hydrogen-bond acceptors (Lipinski definition) is 3. The van der Waals surface area contributed by atoms with Gasteiger partial charge < -0.3 is 9.26 Å². The van der Waals surface area contributed by atoms with E-state index in [0.717, 1.165) is 0 Å². The Morgan fingerprint density at radius 2 is 2.00 bits per heavy atom. The van der Waals surface area contributed by atoms with Gasteiger partial charge in [0.1, 0.15) is 0 Å². The zero-order valence-corrected chi connectivity index (χ0v) is 10.8. The Morgan fingerprint density at radius 3 is 2.43 bits per heavy atom. The van der Waals surface area contributed by atoms with Crippen LogP contribution in [0.5, 0.6) is 0 Å². The second kappa shape index (κ2) is 6.09. The first-order valence-electron chi connectivity index (χ1n) is 4.60. The molecular weight excluding hydrogens is 225 g/mol. The first-order valence-corrected chi connectivity index (χ1v) is 7.13. The summed E-state index contributed by atoms with van der Waals surface area (Å²) in [5.41, 5.74) is -0.518. The lowest BCUT2D eigenvalue weighted by Gasteiger charge is -2.23. The SMILES string of the molecule is CCOCCNP(=O)(Cl)OC(C)(C)C. The van der Waals surface area contributed by atoms with Gasteiger partial charge >= 0.3 is 6.87 Å². The molecule has 4 nitrogen and oxygen atoms in total. The fraction of sp³-hybridized carbons (Fsp3) is 1.00. The van der Waals surface area contributed by atoms with Crippen molar-refractivity contribution in [3.8, 4) is 0 Å². The predicted octanol–water partition coefficient (Wildman–Crippen LogP) is 2.77. The highest BCUT2D eigenvalue weighted by molar-refractivity contribution is 7.83. The van der Waals surface area contributed by atoms with E-state index in [0.29, 0.717) is 19.8 Å². The van der Waals surface area contributed by atoms with Gasteiger partial charge in [-0.3, -0.25) is 4.57 Å². The van der Waals surface area contributed by atoms with Gasteiger partial charge in [-0.05, 0) is 38.9 Å². The molecule has 14 heavy (non-hydrogen) atoms. The van der Waals surface area contributed by atoms with Gasteiger partial charge in [0.2, 0.25) is 0 Å². The molecule has 0 heterocycles. The molecule has 0 aliphatic heterocycles. The molecule has 86 valence electrons. The van der Waals surface area contributed by atoms with Crippen LogP contribution in [0.1, 0.15) is 27.7 Å². The van der Waals surface area contributed by atoms with Crippen LogP contribution in [-0.2, 0) is 13.8 Å². The summed E-state index contributed by atoms with van der Waals surface area (Å²) < 4.78 is 21.8. The van der Waals surface area contributed by atoms with Gasteiger partial charge in [0.25, 0.3) is 0 Å². The topological polar surface area (TPSA) is 47.6 Å². The van der Waals surface area contributed by atoms with Crippen molar-refractivity contribution in [2.45, 2.75) is 33.3 Å². The van der Waals surface area contributed by atoms with Crippen LogP contribution in [-0.4, -0.2) is 25.4 Å². The maximum Gasteiger partial charge on any atom is 0.361 e. The van der Waals surface area contributed by atoms with E-state index in [-0.39, 0.29) is 0 Å². The summed E-state index contributed by atoms with van der Waals surface area (Å²) >= 11 is 5.67. The van der Waals surface area contributed by atoms with Gasteiger partial charge in [0.15, 0.2) is 0 Å². The summed E-state index contributed by atoms with van der Waals surface area (Å²) in [4.78, 5) is 0. The van der Waals surface area contributed by atoms with Crippen LogP contribution in [0.2, 0.25) is 0 Å². The molecule has 0 rings (SSSR count). The molecule has 0 amide bonds. The number of rotatable bonds is 6. The van der Waals surface area contributed by atoms with Gasteiger partial charge in [0, 0.05) is 13.2 Å². The molecule has 0 saturated heterocycles. The van der Waals surface area contributed by atoms with Crippen molar-refractivity contribution in [1.82, 2.24) is 5.09 Å². The zero-order chi connectivity index (χ0) is 11.2. The Bertz CT molecular complexity index is 205. The van der Waals surface area contributed by atoms with Gasteiger partial charge in [-0.2, -0.15) is 0 Å². The third kappa shape index (κ3) is 8.97. The van der Waals surface area contributed by atoms with E-state index in [1.165, 1.54) is 0 Å². The standard InChI is InChI=1S/C8H19ClNO3P/c1-5-12-7-6-10-14(9,11)13-8(2,3)4/h5-7H2,1-4H3,(H,10,11). The third-order valence-electron chi connectivity index (χ3n) is 1.14. The molecule has 0 aromatic carbocycles. The minimum absolute atomic E-state index is 0.421. The Labute approximate surface area is 90.6 Å². The van der Waals surface area contributed by atoms with Crippen LogP contribution in [0, 0.1) is 0 Å². The van der Waals surface area contributed by atoms with Crippen LogP contribution in [0.25, 0.3) is 0 Å². The zero-order valence-electron chi connectivity index (χ0n) is 9.17. The molecule has 0 bridgehead atoms. The molecule has 1 unspecified atom stereocenters. The van der Waals surface area contributed by atoms with Crippen molar-refractivity contribution < 1.29 is 13.8 Å². The minimum atomic E-state index is -3.21. The number of halogens is 1. The molecule has 1 atom stereocenters. The van der Waals surface area contributed by atoms with Crippen molar-refractivity contribution in [2.24, 2.45) is 0 Å². The average molecular weight is 244 g/mol. The molecule has 0 fully saturated rings. The summed E-state index contributed by atoms with van der Waals surface area (Å²) in [6.07, 6.45) is 0. The molecule has 0 aromatic heterocycles. The minimum Gasteiger partial charge on any atom is -0.380 e. The van der Waals surface area contributed by atoms with Crippen LogP contribution >= 0.6 is 18.1 Å². The summed E-state index contributed by atoms with van der Waals surface area (Å²) in [6, 6.07) is 0. The molecule has 1 N–H and O–H groups in total. The molecule has 0 aliphatic rings. The number of hydrogen-bond donors (Lipinski definition) is 1. The fourth-order valence-electron chi connectivity index (χ4n) is 0.780. The molecule has 0 radical (unpaired) electrons. The smallest absolute Gasteiger partial charge is 0.361 e. The Kier molecular flexibility index (Phi) is 6.26. The molecular formula is C8H19ClNO3P. The molecule has 0 saturated carbocycles. The highest BCUT2D eigenvalue weighted by Gasteiger charge is 2.26. The first kappa shape index (κ1) is 14.4. The molecule has 0 spiro atoms. The van der Waals surface area contributed by atoms with E-state index in [9.17, 15) is 4.57 Å².